The first-order valence-corrected chi connectivity index (χ1v) is 5.76. The average Bonchev–Trinajstić information content (AvgIpc) is 2.42. The monoisotopic (exact) mass is 227 g/mol. The summed E-state index contributed by atoms with van der Waals surface area (Å²) in [4.78, 5) is 5.49. The summed E-state index contributed by atoms with van der Waals surface area (Å²) >= 11 is 0. The van der Waals surface area contributed by atoms with Crippen LogP contribution in [0.4, 0.5) is 5.69 Å². The van der Waals surface area contributed by atoms with E-state index >= 15 is 0 Å². The summed E-state index contributed by atoms with van der Waals surface area (Å²) in [6.07, 6.45) is 0. The highest BCUT2D eigenvalue weighted by Gasteiger charge is 2.15. The molecule has 0 N–H and O–H groups in total. The van der Waals surface area contributed by atoms with Crippen LogP contribution < -0.4 is 5.06 Å². The molecule has 0 unspecified atom stereocenters. The second-order valence-electron chi connectivity index (χ2n) is 3.93. The van der Waals surface area contributed by atoms with Crippen LogP contribution in [0, 0.1) is 0 Å². The molecule has 0 spiro atoms. The summed E-state index contributed by atoms with van der Waals surface area (Å²) in [6.45, 7) is 2.13. The SMILES string of the molecule is CON(c1ccccc1)[C@@H](C)c1ccccc1. The van der Waals surface area contributed by atoms with Gasteiger partial charge in [-0.2, -0.15) is 0 Å². The van der Waals surface area contributed by atoms with E-state index in [-0.39, 0.29) is 6.04 Å². The summed E-state index contributed by atoms with van der Waals surface area (Å²) in [5.41, 5.74) is 2.30. The third-order valence-electron chi connectivity index (χ3n) is 2.84. The average molecular weight is 227 g/mol. The minimum atomic E-state index is 0.184. The van der Waals surface area contributed by atoms with Crippen molar-refractivity contribution in [3.8, 4) is 0 Å². The van der Waals surface area contributed by atoms with E-state index in [1.807, 2.05) is 53.6 Å². The van der Waals surface area contributed by atoms with Crippen LogP contribution in [-0.4, -0.2) is 7.11 Å². The molecular formula is C15H17NO. The standard InChI is InChI=1S/C15H17NO/c1-13(14-9-5-3-6-10-14)16(17-2)15-11-7-4-8-12-15/h3-13H,1-2H3/t13-/m0/s1. The molecule has 0 heterocycles. The summed E-state index contributed by atoms with van der Waals surface area (Å²) in [6, 6.07) is 20.6. The Hall–Kier alpha value is -1.80. The highest BCUT2D eigenvalue weighted by Crippen LogP contribution is 2.26. The van der Waals surface area contributed by atoms with Gasteiger partial charge in [0.05, 0.1) is 18.8 Å². The molecule has 0 saturated carbocycles. The molecule has 0 amide bonds. The molecule has 2 aromatic rings. The van der Waals surface area contributed by atoms with E-state index in [2.05, 4.69) is 19.1 Å². The van der Waals surface area contributed by atoms with E-state index in [1.165, 1.54) is 5.56 Å². The second kappa shape index (κ2) is 5.51. The fraction of sp³-hybridized carbons (Fsp3) is 0.200. The zero-order valence-electron chi connectivity index (χ0n) is 10.2. The van der Waals surface area contributed by atoms with Gasteiger partial charge >= 0.3 is 0 Å². The van der Waals surface area contributed by atoms with E-state index in [9.17, 15) is 0 Å². The maximum atomic E-state index is 5.49. The fourth-order valence-electron chi connectivity index (χ4n) is 1.93. The molecule has 2 aromatic carbocycles. The van der Waals surface area contributed by atoms with E-state index < -0.39 is 0 Å². The van der Waals surface area contributed by atoms with Gasteiger partial charge in [0.1, 0.15) is 0 Å². The molecule has 88 valence electrons. The van der Waals surface area contributed by atoms with Crippen LogP contribution in [0.25, 0.3) is 0 Å². The number of hydrogen-bond donors (Lipinski definition) is 0. The van der Waals surface area contributed by atoms with Crippen LogP contribution >= 0.6 is 0 Å². The van der Waals surface area contributed by atoms with Crippen molar-refractivity contribution >= 4 is 5.69 Å². The van der Waals surface area contributed by atoms with Crippen molar-refractivity contribution in [2.45, 2.75) is 13.0 Å². The van der Waals surface area contributed by atoms with Crippen LogP contribution in [0.2, 0.25) is 0 Å². The lowest BCUT2D eigenvalue weighted by Crippen LogP contribution is -2.25. The molecule has 1 atom stereocenters. The van der Waals surface area contributed by atoms with Gasteiger partial charge in [0.25, 0.3) is 0 Å². The molecule has 0 aliphatic carbocycles. The Kier molecular flexibility index (Phi) is 3.78. The molecule has 0 radical (unpaired) electrons. The first kappa shape index (κ1) is 11.7. The van der Waals surface area contributed by atoms with Gasteiger partial charge < -0.3 is 0 Å². The van der Waals surface area contributed by atoms with E-state index in [0.29, 0.717) is 0 Å². The van der Waals surface area contributed by atoms with Crippen molar-refractivity contribution in [2.24, 2.45) is 0 Å². The predicted molar refractivity (Wildman–Crippen MR) is 70.8 cm³/mol. The second-order valence-corrected chi connectivity index (χ2v) is 3.93. The highest BCUT2D eigenvalue weighted by molar-refractivity contribution is 5.45. The zero-order valence-corrected chi connectivity index (χ0v) is 10.2. The number of anilines is 1. The van der Waals surface area contributed by atoms with Gasteiger partial charge in [0, 0.05) is 0 Å². The van der Waals surface area contributed by atoms with Crippen LogP contribution in [0.15, 0.2) is 60.7 Å². The largest absolute Gasteiger partial charge is 0.276 e. The molecule has 2 nitrogen and oxygen atoms in total. The van der Waals surface area contributed by atoms with Crippen LogP contribution in [0.1, 0.15) is 18.5 Å². The number of hydroxylamine groups is 1. The number of hydrogen-bond acceptors (Lipinski definition) is 2. The third-order valence-corrected chi connectivity index (χ3v) is 2.84. The summed E-state index contributed by atoms with van der Waals surface area (Å²) in [5, 5.41) is 1.91. The van der Waals surface area contributed by atoms with Crippen LogP contribution in [0.5, 0.6) is 0 Å². The molecule has 2 rings (SSSR count). The Labute approximate surface area is 102 Å². The first-order chi connectivity index (χ1) is 8.33. The number of para-hydroxylation sites is 1. The van der Waals surface area contributed by atoms with Gasteiger partial charge in [-0.3, -0.25) is 4.84 Å². The van der Waals surface area contributed by atoms with Crippen molar-refractivity contribution in [3.63, 3.8) is 0 Å². The van der Waals surface area contributed by atoms with Crippen LogP contribution in [0.3, 0.4) is 0 Å². The maximum absolute atomic E-state index is 5.49. The predicted octanol–water partition coefficient (Wildman–Crippen LogP) is 3.82. The van der Waals surface area contributed by atoms with Crippen molar-refractivity contribution in [2.75, 3.05) is 12.2 Å². The molecule has 0 saturated heterocycles. The maximum Gasteiger partial charge on any atom is 0.0787 e. The Morgan fingerprint density at radius 3 is 1.94 bits per heavy atom. The number of rotatable bonds is 4. The molecule has 2 heteroatoms. The number of benzene rings is 2. The van der Waals surface area contributed by atoms with E-state index in [4.69, 9.17) is 4.84 Å². The Balaban J connectivity index is 2.25. The zero-order chi connectivity index (χ0) is 12.1. The van der Waals surface area contributed by atoms with Crippen molar-refractivity contribution in [3.05, 3.63) is 66.2 Å². The Morgan fingerprint density at radius 2 is 1.41 bits per heavy atom. The third kappa shape index (κ3) is 2.66. The quantitative estimate of drug-likeness (QED) is 0.736. The highest BCUT2D eigenvalue weighted by atomic mass is 16.7. The first-order valence-electron chi connectivity index (χ1n) is 5.76. The molecule has 17 heavy (non-hydrogen) atoms. The number of nitrogens with zero attached hydrogens (tertiary/aromatic N) is 1. The lowest BCUT2D eigenvalue weighted by atomic mass is 10.1. The molecular weight excluding hydrogens is 210 g/mol. The molecule has 0 aliphatic rings. The lowest BCUT2D eigenvalue weighted by molar-refractivity contribution is 0.144. The Bertz CT molecular complexity index is 441. The smallest absolute Gasteiger partial charge is 0.0787 e. The summed E-state index contributed by atoms with van der Waals surface area (Å²) in [5.74, 6) is 0. The van der Waals surface area contributed by atoms with Gasteiger partial charge in [0.2, 0.25) is 0 Å². The minimum Gasteiger partial charge on any atom is -0.276 e. The minimum absolute atomic E-state index is 0.184. The molecule has 0 fully saturated rings. The van der Waals surface area contributed by atoms with Gasteiger partial charge in [-0.25, -0.2) is 5.06 Å². The van der Waals surface area contributed by atoms with Gasteiger partial charge in [0.15, 0.2) is 0 Å². The molecule has 0 aromatic heterocycles. The normalized spacial score (nSPS) is 12.1. The topological polar surface area (TPSA) is 12.5 Å². The lowest BCUT2D eigenvalue weighted by Gasteiger charge is -2.28. The van der Waals surface area contributed by atoms with Crippen molar-refractivity contribution < 1.29 is 4.84 Å². The summed E-state index contributed by atoms with van der Waals surface area (Å²) in [7, 11) is 1.70. The van der Waals surface area contributed by atoms with E-state index in [0.717, 1.165) is 5.69 Å². The van der Waals surface area contributed by atoms with Gasteiger partial charge in [-0.15, -0.1) is 0 Å². The summed E-state index contributed by atoms with van der Waals surface area (Å²) < 4.78 is 0. The molecule has 0 bridgehead atoms. The molecule has 0 aliphatic heterocycles. The van der Waals surface area contributed by atoms with Crippen molar-refractivity contribution in [1.29, 1.82) is 0 Å². The van der Waals surface area contributed by atoms with Crippen LogP contribution in [-0.2, 0) is 4.84 Å². The Morgan fingerprint density at radius 1 is 0.882 bits per heavy atom. The van der Waals surface area contributed by atoms with Gasteiger partial charge in [-0.1, -0.05) is 48.5 Å². The van der Waals surface area contributed by atoms with Crippen molar-refractivity contribution in [1.82, 2.24) is 0 Å². The fourth-order valence-corrected chi connectivity index (χ4v) is 1.93. The van der Waals surface area contributed by atoms with E-state index in [1.54, 1.807) is 7.11 Å². The van der Waals surface area contributed by atoms with Gasteiger partial charge in [-0.05, 0) is 24.6 Å².